The van der Waals surface area contributed by atoms with E-state index < -0.39 is 23.5 Å². The SMILES string of the molecule is CCCN1C(=O)C(=O)/C(=C(\O)c2ccc(Cl)cc2)C1c1ccc(F)cc1. The second kappa shape index (κ2) is 7.30. The molecular formula is C20H17ClFNO3. The van der Waals surface area contributed by atoms with E-state index in [0.717, 1.165) is 0 Å². The normalized spacial score (nSPS) is 19.2. The first-order chi connectivity index (χ1) is 12.4. The largest absolute Gasteiger partial charge is 0.507 e. The molecule has 0 aromatic heterocycles. The van der Waals surface area contributed by atoms with Crippen molar-refractivity contribution in [1.82, 2.24) is 4.90 Å². The lowest BCUT2D eigenvalue weighted by molar-refractivity contribution is -0.139. The lowest BCUT2D eigenvalue weighted by Crippen LogP contribution is -2.30. The molecule has 1 heterocycles. The summed E-state index contributed by atoms with van der Waals surface area (Å²) in [6.07, 6.45) is 0.645. The molecule has 2 aromatic carbocycles. The van der Waals surface area contributed by atoms with Gasteiger partial charge in [0.2, 0.25) is 0 Å². The van der Waals surface area contributed by atoms with Crippen LogP contribution in [0.1, 0.15) is 30.5 Å². The molecule has 0 radical (unpaired) electrons. The Bertz CT molecular complexity index is 875. The van der Waals surface area contributed by atoms with Crippen molar-refractivity contribution in [2.75, 3.05) is 6.54 Å². The van der Waals surface area contributed by atoms with Gasteiger partial charge in [0.1, 0.15) is 11.6 Å². The summed E-state index contributed by atoms with van der Waals surface area (Å²) in [5.74, 6) is -2.11. The number of likely N-dealkylation sites (tertiary alicyclic amines) is 1. The molecule has 1 N–H and O–H groups in total. The molecule has 4 nitrogen and oxygen atoms in total. The van der Waals surface area contributed by atoms with Gasteiger partial charge in [-0.15, -0.1) is 0 Å². The molecule has 1 unspecified atom stereocenters. The average Bonchev–Trinajstić information content (AvgIpc) is 2.88. The summed E-state index contributed by atoms with van der Waals surface area (Å²) in [6.45, 7) is 2.24. The van der Waals surface area contributed by atoms with Crippen LogP contribution in [0.15, 0.2) is 54.1 Å². The number of benzene rings is 2. The number of rotatable bonds is 4. The van der Waals surface area contributed by atoms with Gasteiger partial charge in [-0.3, -0.25) is 9.59 Å². The van der Waals surface area contributed by atoms with Gasteiger partial charge in [-0.05, 0) is 48.4 Å². The first-order valence-corrected chi connectivity index (χ1v) is 8.61. The van der Waals surface area contributed by atoms with Gasteiger partial charge in [0.05, 0.1) is 11.6 Å². The van der Waals surface area contributed by atoms with Crippen LogP contribution < -0.4 is 0 Å². The van der Waals surface area contributed by atoms with E-state index in [1.165, 1.54) is 29.2 Å². The molecule has 26 heavy (non-hydrogen) atoms. The van der Waals surface area contributed by atoms with E-state index >= 15 is 0 Å². The van der Waals surface area contributed by atoms with Gasteiger partial charge in [0.15, 0.2) is 0 Å². The smallest absolute Gasteiger partial charge is 0.295 e. The second-order valence-corrected chi connectivity index (χ2v) is 6.49. The first-order valence-electron chi connectivity index (χ1n) is 8.24. The standard InChI is InChI=1S/C20H17ClFNO3/c1-2-11-23-17(12-5-9-15(22)10-6-12)16(19(25)20(23)26)18(24)13-3-7-14(21)8-4-13/h3-10,17,24H,2,11H2,1H3/b18-16-. The fourth-order valence-electron chi connectivity index (χ4n) is 3.11. The van der Waals surface area contributed by atoms with Crippen LogP contribution in [0.25, 0.3) is 5.76 Å². The summed E-state index contributed by atoms with van der Waals surface area (Å²) in [5.41, 5.74) is 0.947. The fourth-order valence-corrected chi connectivity index (χ4v) is 3.23. The van der Waals surface area contributed by atoms with Gasteiger partial charge < -0.3 is 10.0 Å². The van der Waals surface area contributed by atoms with Crippen molar-refractivity contribution < 1.29 is 19.1 Å². The Balaban J connectivity index is 2.17. The predicted octanol–water partition coefficient (Wildman–Crippen LogP) is 4.31. The molecule has 134 valence electrons. The summed E-state index contributed by atoms with van der Waals surface area (Å²) < 4.78 is 13.3. The van der Waals surface area contributed by atoms with E-state index in [4.69, 9.17) is 11.6 Å². The molecular weight excluding hydrogens is 357 g/mol. The average molecular weight is 374 g/mol. The maximum Gasteiger partial charge on any atom is 0.295 e. The molecule has 1 aliphatic rings. The maximum absolute atomic E-state index is 13.3. The van der Waals surface area contributed by atoms with E-state index in [2.05, 4.69) is 0 Å². The number of amides is 1. The van der Waals surface area contributed by atoms with E-state index in [-0.39, 0.29) is 11.3 Å². The molecule has 6 heteroatoms. The number of hydrogen-bond donors (Lipinski definition) is 1. The minimum absolute atomic E-state index is 0.00243. The summed E-state index contributed by atoms with van der Waals surface area (Å²) in [5, 5.41) is 11.2. The number of hydrogen-bond acceptors (Lipinski definition) is 3. The van der Waals surface area contributed by atoms with Gasteiger partial charge >= 0.3 is 0 Å². The van der Waals surface area contributed by atoms with Crippen LogP contribution in [0.2, 0.25) is 5.02 Å². The molecule has 1 fully saturated rings. The first kappa shape index (κ1) is 18.1. The van der Waals surface area contributed by atoms with Crippen molar-refractivity contribution in [3.8, 4) is 0 Å². The third-order valence-electron chi connectivity index (χ3n) is 4.31. The van der Waals surface area contributed by atoms with E-state index in [1.54, 1.807) is 24.3 Å². The topological polar surface area (TPSA) is 57.6 Å². The lowest BCUT2D eigenvalue weighted by atomic mass is 9.95. The summed E-state index contributed by atoms with van der Waals surface area (Å²) in [6, 6.07) is 11.1. The Morgan fingerprint density at radius 2 is 1.73 bits per heavy atom. The quantitative estimate of drug-likeness (QED) is 0.493. The summed E-state index contributed by atoms with van der Waals surface area (Å²) >= 11 is 5.87. The van der Waals surface area contributed by atoms with E-state index in [0.29, 0.717) is 29.1 Å². The second-order valence-electron chi connectivity index (χ2n) is 6.05. The lowest BCUT2D eigenvalue weighted by Gasteiger charge is -2.24. The summed E-state index contributed by atoms with van der Waals surface area (Å²) in [4.78, 5) is 26.5. The highest BCUT2D eigenvalue weighted by Crippen LogP contribution is 2.39. The van der Waals surface area contributed by atoms with Crippen molar-refractivity contribution in [1.29, 1.82) is 0 Å². The van der Waals surface area contributed by atoms with Crippen LogP contribution in [0.5, 0.6) is 0 Å². The zero-order valence-electron chi connectivity index (χ0n) is 14.1. The van der Waals surface area contributed by atoms with E-state index in [9.17, 15) is 19.1 Å². The highest BCUT2D eigenvalue weighted by molar-refractivity contribution is 6.46. The van der Waals surface area contributed by atoms with Crippen LogP contribution in [-0.4, -0.2) is 28.2 Å². The number of nitrogens with zero attached hydrogens (tertiary/aromatic N) is 1. The molecule has 1 amide bonds. The van der Waals surface area contributed by atoms with Crippen LogP contribution >= 0.6 is 11.6 Å². The van der Waals surface area contributed by atoms with Crippen LogP contribution in [0.3, 0.4) is 0 Å². The Morgan fingerprint density at radius 3 is 2.31 bits per heavy atom. The van der Waals surface area contributed by atoms with Gasteiger partial charge in [-0.25, -0.2) is 4.39 Å². The highest BCUT2D eigenvalue weighted by atomic mass is 35.5. The number of Topliss-reactive ketones (excluding diaryl/α,β-unsaturated/α-hetero) is 1. The van der Waals surface area contributed by atoms with Crippen LogP contribution in [0, 0.1) is 5.82 Å². The van der Waals surface area contributed by atoms with Gasteiger partial charge in [0.25, 0.3) is 11.7 Å². The minimum atomic E-state index is -0.758. The predicted molar refractivity (Wildman–Crippen MR) is 97.2 cm³/mol. The number of carbonyl (C=O) groups excluding carboxylic acids is 2. The number of carbonyl (C=O) groups is 2. The van der Waals surface area contributed by atoms with Crippen molar-refractivity contribution in [2.24, 2.45) is 0 Å². The Labute approximate surface area is 155 Å². The van der Waals surface area contributed by atoms with Gasteiger partial charge in [-0.2, -0.15) is 0 Å². The molecule has 0 spiro atoms. The van der Waals surface area contributed by atoms with Crippen molar-refractivity contribution in [3.05, 3.63) is 76.1 Å². The number of halogens is 2. The number of aliphatic hydroxyl groups is 1. The van der Waals surface area contributed by atoms with Crippen molar-refractivity contribution in [3.63, 3.8) is 0 Å². The van der Waals surface area contributed by atoms with Crippen LogP contribution in [-0.2, 0) is 9.59 Å². The molecule has 3 rings (SSSR count). The molecule has 0 aliphatic carbocycles. The maximum atomic E-state index is 13.3. The molecule has 1 aliphatic heterocycles. The van der Waals surface area contributed by atoms with Crippen molar-refractivity contribution in [2.45, 2.75) is 19.4 Å². The third kappa shape index (κ3) is 3.22. The monoisotopic (exact) mass is 373 g/mol. The van der Waals surface area contributed by atoms with Crippen LogP contribution in [0.4, 0.5) is 4.39 Å². The molecule has 0 bridgehead atoms. The zero-order chi connectivity index (χ0) is 18.8. The molecule has 1 atom stereocenters. The Kier molecular flexibility index (Phi) is 5.09. The van der Waals surface area contributed by atoms with Crippen molar-refractivity contribution >= 4 is 29.1 Å². The van der Waals surface area contributed by atoms with E-state index in [1.807, 2.05) is 6.92 Å². The zero-order valence-corrected chi connectivity index (χ0v) is 14.8. The highest BCUT2D eigenvalue weighted by Gasteiger charge is 2.45. The number of aliphatic hydroxyl groups excluding tert-OH is 1. The Morgan fingerprint density at radius 1 is 1.12 bits per heavy atom. The number of ketones is 1. The molecule has 2 aromatic rings. The summed E-state index contributed by atoms with van der Waals surface area (Å²) in [7, 11) is 0. The third-order valence-corrected chi connectivity index (χ3v) is 4.56. The minimum Gasteiger partial charge on any atom is -0.507 e. The van der Waals surface area contributed by atoms with Gasteiger partial charge in [-0.1, -0.05) is 30.7 Å². The Hall–Kier alpha value is -2.66. The molecule has 0 saturated carbocycles. The fraction of sp³-hybridized carbons (Fsp3) is 0.200. The molecule has 1 saturated heterocycles. The van der Waals surface area contributed by atoms with Gasteiger partial charge in [0, 0.05) is 17.1 Å².